The number of aromatic nitrogens is 4. The Morgan fingerprint density at radius 2 is 2.12 bits per heavy atom. The molecule has 0 spiro atoms. The number of ether oxygens (including phenoxy) is 1. The van der Waals surface area contributed by atoms with Gasteiger partial charge in [-0.1, -0.05) is 0 Å². The van der Waals surface area contributed by atoms with Crippen molar-refractivity contribution in [2.45, 2.75) is 26.0 Å². The van der Waals surface area contributed by atoms with Crippen molar-refractivity contribution in [3.8, 4) is 0 Å². The third-order valence-corrected chi connectivity index (χ3v) is 2.97. The van der Waals surface area contributed by atoms with Gasteiger partial charge in [0.1, 0.15) is 12.1 Å². The zero-order valence-electron chi connectivity index (χ0n) is 10.5. The molecule has 0 saturated heterocycles. The summed E-state index contributed by atoms with van der Waals surface area (Å²) in [4.78, 5) is 8.44. The molecule has 6 nitrogen and oxygen atoms in total. The lowest BCUT2D eigenvalue weighted by atomic mass is 10.2. The number of nitrogens with zero attached hydrogens (tertiary/aromatic N) is 4. The Labute approximate surface area is 100 Å². The van der Waals surface area contributed by atoms with E-state index in [0.717, 1.165) is 16.9 Å². The van der Waals surface area contributed by atoms with Crippen LogP contribution in [0.25, 0.3) is 11.0 Å². The fourth-order valence-electron chi connectivity index (χ4n) is 1.61. The Bertz CT molecular complexity index is 510. The van der Waals surface area contributed by atoms with Gasteiger partial charge in [-0.2, -0.15) is 5.10 Å². The molecule has 2 aromatic heterocycles. The quantitative estimate of drug-likeness (QED) is 0.862. The Balaban J connectivity index is 2.30. The molecule has 17 heavy (non-hydrogen) atoms. The Morgan fingerprint density at radius 1 is 1.35 bits per heavy atom. The predicted octanol–water partition coefficient (Wildman–Crippen LogP) is 1.20. The molecular formula is C11H17N5O. The summed E-state index contributed by atoms with van der Waals surface area (Å²) < 4.78 is 7.00. The first-order valence-electron chi connectivity index (χ1n) is 5.55. The van der Waals surface area contributed by atoms with Crippen molar-refractivity contribution >= 4 is 16.9 Å². The Hall–Kier alpha value is -1.69. The van der Waals surface area contributed by atoms with Gasteiger partial charge in [0.2, 0.25) is 0 Å². The maximum Gasteiger partial charge on any atom is 0.163 e. The molecule has 0 fully saturated rings. The highest BCUT2D eigenvalue weighted by Crippen LogP contribution is 2.19. The van der Waals surface area contributed by atoms with Crippen molar-refractivity contribution < 1.29 is 4.74 Å². The van der Waals surface area contributed by atoms with E-state index in [-0.39, 0.29) is 12.1 Å². The minimum atomic E-state index is 0.108. The molecule has 0 aromatic carbocycles. The van der Waals surface area contributed by atoms with Crippen LogP contribution in [0.2, 0.25) is 0 Å². The number of hydrogen-bond acceptors (Lipinski definition) is 5. The van der Waals surface area contributed by atoms with Gasteiger partial charge in [-0.25, -0.2) is 9.97 Å². The van der Waals surface area contributed by atoms with Crippen LogP contribution in [0.4, 0.5) is 5.82 Å². The van der Waals surface area contributed by atoms with E-state index in [2.05, 4.69) is 27.3 Å². The lowest BCUT2D eigenvalue weighted by molar-refractivity contribution is 0.106. The van der Waals surface area contributed by atoms with Crippen LogP contribution in [0.3, 0.4) is 0 Å². The third-order valence-electron chi connectivity index (χ3n) is 2.97. The number of aryl methyl sites for hydroxylation is 1. The molecule has 0 amide bonds. The molecule has 0 saturated carbocycles. The molecule has 0 radical (unpaired) electrons. The van der Waals surface area contributed by atoms with Crippen molar-refractivity contribution in [1.82, 2.24) is 19.7 Å². The molecule has 92 valence electrons. The Kier molecular flexibility index (Phi) is 3.23. The summed E-state index contributed by atoms with van der Waals surface area (Å²) in [6.45, 7) is 4.07. The second-order valence-corrected chi connectivity index (χ2v) is 4.10. The first-order chi connectivity index (χ1) is 8.13. The van der Waals surface area contributed by atoms with Crippen LogP contribution in [0.1, 0.15) is 13.8 Å². The summed E-state index contributed by atoms with van der Waals surface area (Å²) >= 11 is 0. The number of fused-ring (bicyclic) bond motifs is 1. The maximum atomic E-state index is 5.27. The first-order valence-corrected chi connectivity index (χ1v) is 5.55. The van der Waals surface area contributed by atoms with Crippen LogP contribution >= 0.6 is 0 Å². The minimum Gasteiger partial charge on any atom is -0.380 e. The standard InChI is InChI=1S/C11H17N5O/c1-7(8(2)17-4)15-10-9-5-14-16(3)11(9)13-6-12-10/h5-8H,1-4H3,(H,12,13,15)/t7-,8?/m0/s1. The van der Waals surface area contributed by atoms with Gasteiger partial charge >= 0.3 is 0 Å². The zero-order valence-corrected chi connectivity index (χ0v) is 10.5. The molecule has 0 aliphatic carbocycles. The molecule has 0 aliphatic heterocycles. The summed E-state index contributed by atoms with van der Waals surface area (Å²) in [7, 11) is 3.56. The average Bonchev–Trinajstić information content (AvgIpc) is 2.71. The summed E-state index contributed by atoms with van der Waals surface area (Å²) in [5.74, 6) is 0.791. The van der Waals surface area contributed by atoms with E-state index in [9.17, 15) is 0 Å². The highest BCUT2D eigenvalue weighted by molar-refractivity contribution is 5.86. The summed E-state index contributed by atoms with van der Waals surface area (Å²) in [5, 5.41) is 8.41. The first kappa shape index (κ1) is 11.8. The number of methoxy groups -OCH3 is 1. The molecule has 0 aliphatic rings. The molecule has 6 heteroatoms. The van der Waals surface area contributed by atoms with Crippen LogP contribution in [-0.2, 0) is 11.8 Å². The van der Waals surface area contributed by atoms with Crippen molar-refractivity contribution in [2.24, 2.45) is 7.05 Å². The maximum absolute atomic E-state index is 5.27. The van der Waals surface area contributed by atoms with E-state index in [4.69, 9.17) is 4.74 Å². The van der Waals surface area contributed by atoms with Gasteiger partial charge in [-0.05, 0) is 13.8 Å². The van der Waals surface area contributed by atoms with E-state index < -0.39 is 0 Å². The van der Waals surface area contributed by atoms with Crippen LogP contribution in [-0.4, -0.2) is 39.0 Å². The van der Waals surface area contributed by atoms with Gasteiger partial charge in [0.15, 0.2) is 5.65 Å². The van der Waals surface area contributed by atoms with Crippen molar-refractivity contribution in [2.75, 3.05) is 12.4 Å². The van der Waals surface area contributed by atoms with E-state index in [1.165, 1.54) is 6.33 Å². The molecule has 2 aromatic rings. The molecule has 1 N–H and O–H groups in total. The Morgan fingerprint density at radius 3 is 2.82 bits per heavy atom. The van der Waals surface area contributed by atoms with Crippen molar-refractivity contribution in [3.05, 3.63) is 12.5 Å². The zero-order chi connectivity index (χ0) is 12.4. The van der Waals surface area contributed by atoms with Gasteiger partial charge in [-0.15, -0.1) is 0 Å². The van der Waals surface area contributed by atoms with Gasteiger partial charge in [0.25, 0.3) is 0 Å². The van der Waals surface area contributed by atoms with Crippen LogP contribution < -0.4 is 5.32 Å². The normalized spacial score (nSPS) is 14.8. The largest absolute Gasteiger partial charge is 0.380 e. The third kappa shape index (κ3) is 2.21. The molecule has 1 unspecified atom stereocenters. The second kappa shape index (κ2) is 4.67. The molecular weight excluding hydrogens is 218 g/mol. The van der Waals surface area contributed by atoms with Gasteiger partial charge < -0.3 is 10.1 Å². The van der Waals surface area contributed by atoms with Crippen LogP contribution in [0, 0.1) is 0 Å². The summed E-state index contributed by atoms with van der Waals surface area (Å²) in [6.07, 6.45) is 3.41. The van der Waals surface area contributed by atoms with E-state index in [1.807, 2.05) is 14.0 Å². The highest BCUT2D eigenvalue weighted by Gasteiger charge is 2.14. The lowest BCUT2D eigenvalue weighted by Crippen LogP contribution is -2.30. The second-order valence-electron chi connectivity index (χ2n) is 4.10. The van der Waals surface area contributed by atoms with E-state index in [0.29, 0.717) is 0 Å². The average molecular weight is 235 g/mol. The summed E-state index contributed by atoms with van der Waals surface area (Å²) in [5.41, 5.74) is 0.819. The molecule has 2 rings (SSSR count). The fraction of sp³-hybridized carbons (Fsp3) is 0.545. The molecule has 2 atom stereocenters. The number of hydrogen-bond donors (Lipinski definition) is 1. The van der Waals surface area contributed by atoms with E-state index >= 15 is 0 Å². The van der Waals surface area contributed by atoms with Gasteiger partial charge in [0.05, 0.1) is 23.7 Å². The van der Waals surface area contributed by atoms with Crippen molar-refractivity contribution in [3.63, 3.8) is 0 Å². The molecule has 0 bridgehead atoms. The van der Waals surface area contributed by atoms with Crippen LogP contribution in [0.5, 0.6) is 0 Å². The minimum absolute atomic E-state index is 0.108. The monoisotopic (exact) mass is 235 g/mol. The number of rotatable bonds is 4. The topological polar surface area (TPSA) is 64.9 Å². The number of nitrogens with one attached hydrogen (secondary N) is 1. The van der Waals surface area contributed by atoms with Gasteiger partial charge in [-0.3, -0.25) is 4.68 Å². The summed E-state index contributed by atoms with van der Waals surface area (Å²) in [6, 6.07) is 0.165. The fourth-order valence-corrected chi connectivity index (χ4v) is 1.61. The lowest BCUT2D eigenvalue weighted by Gasteiger charge is -2.20. The molecule has 2 heterocycles. The van der Waals surface area contributed by atoms with Crippen molar-refractivity contribution in [1.29, 1.82) is 0 Å². The van der Waals surface area contributed by atoms with Crippen LogP contribution in [0.15, 0.2) is 12.5 Å². The highest BCUT2D eigenvalue weighted by atomic mass is 16.5. The smallest absolute Gasteiger partial charge is 0.163 e. The number of anilines is 1. The van der Waals surface area contributed by atoms with Gasteiger partial charge in [0, 0.05) is 14.2 Å². The SMILES string of the molecule is COC(C)[C@H](C)Nc1ncnc2c1cnn2C. The van der Waals surface area contributed by atoms with E-state index in [1.54, 1.807) is 18.0 Å². The predicted molar refractivity (Wildman–Crippen MR) is 65.9 cm³/mol.